The summed E-state index contributed by atoms with van der Waals surface area (Å²) in [6, 6.07) is 0. The summed E-state index contributed by atoms with van der Waals surface area (Å²) in [7, 11) is 0. The van der Waals surface area contributed by atoms with Crippen LogP contribution in [0.2, 0.25) is 0 Å². The molecule has 0 amide bonds. The van der Waals surface area contributed by atoms with Crippen LogP contribution in [0, 0.1) is 0 Å². The molecule has 3 nitrogen and oxygen atoms in total. The van der Waals surface area contributed by atoms with Crippen molar-refractivity contribution in [2.75, 3.05) is 6.54 Å². The van der Waals surface area contributed by atoms with E-state index in [1.807, 2.05) is 0 Å². The van der Waals surface area contributed by atoms with Crippen LogP contribution in [0.15, 0.2) is 0 Å². The van der Waals surface area contributed by atoms with E-state index in [0.29, 0.717) is 0 Å². The average molecular weight is 123 g/mol. The monoisotopic (exact) mass is 123 g/mol. The van der Waals surface area contributed by atoms with E-state index in [9.17, 15) is 4.21 Å². The molecule has 0 aliphatic heterocycles. The molecule has 0 saturated heterocycles. The van der Waals surface area contributed by atoms with Crippen molar-refractivity contribution in [2.24, 2.45) is 5.73 Å². The van der Waals surface area contributed by atoms with Gasteiger partial charge >= 0.3 is 0 Å². The van der Waals surface area contributed by atoms with E-state index >= 15 is 0 Å². The molecular formula is C3H9NO2S. The number of nitrogens with two attached hydrogens (primary N) is 1. The first-order valence-electron chi connectivity index (χ1n) is 1.98. The second-order valence-corrected chi connectivity index (χ2v) is 2.68. The molecule has 0 heterocycles. The molecule has 0 aromatic heterocycles. The molecule has 0 rings (SSSR count). The Kier molecular flexibility index (Phi) is 3.15. The fourth-order valence-corrected chi connectivity index (χ4v) is 0.247. The zero-order valence-corrected chi connectivity index (χ0v) is 4.94. The van der Waals surface area contributed by atoms with Gasteiger partial charge in [-0.2, -0.15) is 0 Å². The highest BCUT2D eigenvalue weighted by molar-refractivity contribution is 7.79. The Morgan fingerprint density at radius 3 is 2.43 bits per heavy atom. The largest absolute Gasteiger partial charge is 0.329 e. The van der Waals surface area contributed by atoms with E-state index in [0.717, 1.165) is 0 Å². The molecular weight excluding hydrogens is 114 g/mol. The Hall–Kier alpha value is 0.0700. The number of hydrogen-bond donors (Lipinski definition) is 2. The topological polar surface area (TPSA) is 63.3 Å². The van der Waals surface area contributed by atoms with Crippen LogP contribution in [0.25, 0.3) is 0 Å². The van der Waals surface area contributed by atoms with Crippen LogP contribution < -0.4 is 5.73 Å². The Morgan fingerprint density at radius 1 is 2.00 bits per heavy atom. The summed E-state index contributed by atoms with van der Waals surface area (Å²) in [5, 5.41) is -0.292. The van der Waals surface area contributed by atoms with Crippen molar-refractivity contribution < 1.29 is 8.76 Å². The quantitative estimate of drug-likeness (QED) is 0.489. The van der Waals surface area contributed by atoms with Gasteiger partial charge in [-0.25, -0.2) is 4.21 Å². The molecule has 0 aromatic carbocycles. The average Bonchev–Trinajstić information content (AvgIpc) is 1.65. The predicted molar refractivity (Wildman–Crippen MR) is 29.3 cm³/mol. The Balaban J connectivity index is 3.34. The molecule has 0 radical (unpaired) electrons. The van der Waals surface area contributed by atoms with Crippen LogP contribution in [0.5, 0.6) is 0 Å². The lowest BCUT2D eigenvalue weighted by atomic mass is 10.5. The molecule has 0 bridgehead atoms. The molecule has 0 aromatic rings. The van der Waals surface area contributed by atoms with Crippen LogP contribution >= 0.6 is 0 Å². The molecule has 0 spiro atoms. The maximum absolute atomic E-state index is 9.96. The SMILES string of the molecule is C[C@H](CN)S(=O)O. The van der Waals surface area contributed by atoms with E-state index in [1.54, 1.807) is 6.92 Å². The third-order valence-electron chi connectivity index (χ3n) is 0.676. The van der Waals surface area contributed by atoms with E-state index in [4.69, 9.17) is 10.3 Å². The molecule has 44 valence electrons. The highest BCUT2D eigenvalue weighted by Crippen LogP contribution is 1.85. The van der Waals surface area contributed by atoms with Crippen molar-refractivity contribution in [1.82, 2.24) is 0 Å². The van der Waals surface area contributed by atoms with E-state index < -0.39 is 11.1 Å². The Labute approximate surface area is 45.2 Å². The molecule has 3 N–H and O–H groups in total. The highest BCUT2D eigenvalue weighted by atomic mass is 32.2. The smallest absolute Gasteiger partial charge is 0.156 e. The molecule has 2 atom stereocenters. The molecule has 0 saturated carbocycles. The molecule has 1 unspecified atom stereocenters. The van der Waals surface area contributed by atoms with E-state index in [2.05, 4.69) is 0 Å². The minimum Gasteiger partial charge on any atom is -0.329 e. The van der Waals surface area contributed by atoms with Crippen LogP contribution in [0.4, 0.5) is 0 Å². The molecule has 0 aliphatic rings. The lowest BCUT2D eigenvalue weighted by Gasteiger charge is -1.98. The zero-order valence-electron chi connectivity index (χ0n) is 4.13. The number of rotatable bonds is 2. The summed E-state index contributed by atoms with van der Waals surface area (Å²) in [4.78, 5) is 0. The lowest BCUT2D eigenvalue weighted by Crippen LogP contribution is -2.20. The van der Waals surface area contributed by atoms with Gasteiger partial charge in [0.25, 0.3) is 0 Å². The second-order valence-electron chi connectivity index (χ2n) is 1.32. The highest BCUT2D eigenvalue weighted by Gasteiger charge is 2.02. The maximum atomic E-state index is 9.96. The van der Waals surface area contributed by atoms with Gasteiger partial charge in [0.15, 0.2) is 11.1 Å². The minimum atomic E-state index is -1.74. The van der Waals surface area contributed by atoms with Crippen LogP contribution in [0.3, 0.4) is 0 Å². The van der Waals surface area contributed by atoms with Crippen molar-refractivity contribution in [3.63, 3.8) is 0 Å². The first-order chi connectivity index (χ1) is 3.18. The van der Waals surface area contributed by atoms with Gasteiger partial charge in [-0.3, -0.25) is 0 Å². The molecule has 0 fully saturated rings. The third-order valence-corrected chi connectivity index (χ3v) is 1.56. The normalized spacial score (nSPS) is 18.7. The second kappa shape index (κ2) is 3.12. The van der Waals surface area contributed by atoms with Gasteiger partial charge in [0.1, 0.15) is 0 Å². The van der Waals surface area contributed by atoms with Gasteiger partial charge < -0.3 is 10.3 Å². The summed E-state index contributed by atoms with van der Waals surface area (Å²) >= 11 is -1.74. The van der Waals surface area contributed by atoms with Crippen molar-refractivity contribution in [2.45, 2.75) is 12.2 Å². The van der Waals surface area contributed by atoms with Crippen LogP contribution in [-0.4, -0.2) is 20.6 Å². The summed E-state index contributed by atoms with van der Waals surface area (Å²) in [5.74, 6) is 0. The van der Waals surface area contributed by atoms with Gasteiger partial charge in [-0.05, 0) is 6.92 Å². The third kappa shape index (κ3) is 2.73. The summed E-state index contributed by atoms with van der Waals surface area (Å²) in [6.45, 7) is 1.89. The first-order valence-corrected chi connectivity index (χ1v) is 3.15. The van der Waals surface area contributed by atoms with Gasteiger partial charge in [0.05, 0.1) is 5.25 Å². The fourth-order valence-electron chi connectivity index (χ4n) is 0.0823. The van der Waals surface area contributed by atoms with E-state index in [1.165, 1.54) is 0 Å². The van der Waals surface area contributed by atoms with Gasteiger partial charge in [0.2, 0.25) is 0 Å². The van der Waals surface area contributed by atoms with Crippen molar-refractivity contribution in [3.8, 4) is 0 Å². The van der Waals surface area contributed by atoms with Crippen molar-refractivity contribution in [1.29, 1.82) is 0 Å². The van der Waals surface area contributed by atoms with Gasteiger partial charge in [-0.1, -0.05) is 0 Å². The Bertz CT molecular complexity index is 75.3. The van der Waals surface area contributed by atoms with Crippen LogP contribution in [-0.2, 0) is 11.1 Å². The van der Waals surface area contributed by atoms with Crippen LogP contribution in [0.1, 0.15) is 6.92 Å². The molecule has 0 aliphatic carbocycles. The van der Waals surface area contributed by atoms with Gasteiger partial charge in [-0.15, -0.1) is 0 Å². The fraction of sp³-hybridized carbons (Fsp3) is 1.00. The predicted octanol–water partition coefficient (Wildman–Crippen LogP) is -0.445. The molecule has 4 heteroatoms. The maximum Gasteiger partial charge on any atom is 0.156 e. The summed E-state index contributed by atoms with van der Waals surface area (Å²) < 4.78 is 18.2. The summed E-state index contributed by atoms with van der Waals surface area (Å²) in [6.07, 6.45) is 0. The zero-order chi connectivity index (χ0) is 5.86. The summed E-state index contributed by atoms with van der Waals surface area (Å²) in [5.41, 5.74) is 5.02. The minimum absolute atomic E-state index is 0.267. The Morgan fingerprint density at radius 2 is 2.43 bits per heavy atom. The first kappa shape index (κ1) is 7.07. The van der Waals surface area contributed by atoms with E-state index in [-0.39, 0.29) is 11.8 Å². The standard InChI is InChI=1S/C3H9NO2S/c1-3(2-4)7(5)6/h3H,2,4H2,1H3,(H,5,6)/t3-/m1/s1. The molecule has 7 heavy (non-hydrogen) atoms. The van der Waals surface area contributed by atoms with Crippen molar-refractivity contribution in [3.05, 3.63) is 0 Å². The van der Waals surface area contributed by atoms with Gasteiger partial charge in [0, 0.05) is 6.54 Å². The van der Waals surface area contributed by atoms with Crippen molar-refractivity contribution >= 4 is 11.1 Å². The lowest BCUT2D eigenvalue weighted by molar-refractivity contribution is 0.552. The number of hydrogen-bond acceptors (Lipinski definition) is 2.